The Balaban J connectivity index is 2.34. The Morgan fingerprint density at radius 2 is 2.33 bits per heavy atom. The Morgan fingerprint density at radius 3 is 2.92 bits per heavy atom. The zero-order valence-electron chi connectivity index (χ0n) is 7.20. The van der Waals surface area contributed by atoms with Gasteiger partial charge in [-0.05, 0) is 18.6 Å². The van der Waals surface area contributed by atoms with Crippen molar-refractivity contribution in [1.29, 1.82) is 0 Å². The second-order valence-corrected chi connectivity index (χ2v) is 2.91. The number of aryl methyl sites for hydroxylation is 1. The van der Waals surface area contributed by atoms with Crippen LogP contribution in [-0.2, 0) is 4.74 Å². The van der Waals surface area contributed by atoms with Gasteiger partial charge in [0, 0.05) is 11.8 Å². The molecule has 0 saturated carbocycles. The molecule has 1 aromatic rings. The average molecular weight is 165 g/mol. The van der Waals surface area contributed by atoms with Gasteiger partial charge in [0.05, 0.1) is 13.7 Å². The van der Waals surface area contributed by atoms with E-state index in [1.165, 1.54) is 5.56 Å². The lowest BCUT2D eigenvalue weighted by molar-refractivity contribution is 0.391. The smallest absolute Gasteiger partial charge is 0.213 e. The summed E-state index contributed by atoms with van der Waals surface area (Å²) in [5.41, 5.74) is 2.14. The van der Waals surface area contributed by atoms with Crippen molar-refractivity contribution in [3.63, 3.8) is 0 Å². The van der Waals surface area contributed by atoms with E-state index in [0.29, 0.717) is 5.88 Å². The lowest BCUT2D eigenvalue weighted by Crippen LogP contribution is -1.92. The summed E-state index contributed by atoms with van der Waals surface area (Å²) in [4.78, 5) is 4.18. The molecule has 1 unspecified atom stereocenters. The Bertz CT molecular complexity index is 295. The lowest BCUT2D eigenvalue weighted by Gasteiger charge is -2.02. The molecule has 0 radical (unpaired) electrons. The Kier molecular flexibility index (Phi) is 1.73. The largest absolute Gasteiger partial charge is 0.481 e. The molecule has 1 aromatic heterocycles. The van der Waals surface area contributed by atoms with E-state index in [0.717, 1.165) is 12.3 Å². The third kappa shape index (κ3) is 1.41. The monoisotopic (exact) mass is 165 g/mol. The van der Waals surface area contributed by atoms with Gasteiger partial charge in [0.15, 0.2) is 0 Å². The van der Waals surface area contributed by atoms with Crippen LogP contribution in [0, 0.1) is 6.92 Å². The zero-order valence-corrected chi connectivity index (χ0v) is 7.20. The fraction of sp³-hybridized carbons (Fsp3) is 0.444. The van der Waals surface area contributed by atoms with Gasteiger partial charge in [-0.25, -0.2) is 4.98 Å². The van der Waals surface area contributed by atoms with Crippen LogP contribution in [-0.4, -0.2) is 18.7 Å². The van der Waals surface area contributed by atoms with Crippen LogP contribution < -0.4 is 4.74 Å². The van der Waals surface area contributed by atoms with Crippen LogP contribution >= 0.6 is 0 Å². The van der Waals surface area contributed by atoms with Crippen LogP contribution in [0.5, 0.6) is 5.88 Å². The van der Waals surface area contributed by atoms with Gasteiger partial charge in [-0.15, -0.1) is 0 Å². The molecule has 3 heteroatoms. The van der Waals surface area contributed by atoms with Gasteiger partial charge in [-0.1, -0.05) is 0 Å². The highest BCUT2D eigenvalue weighted by Crippen LogP contribution is 2.31. The molecule has 12 heavy (non-hydrogen) atoms. The third-order valence-corrected chi connectivity index (χ3v) is 1.87. The molecule has 1 aliphatic rings. The zero-order chi connectivity index (χ0) is 8.55. The molecule has 0 aliphatic carbocycles. The van der Waals surface area contributed by atoms with Crippen molar-refractivity contribution in [2.45, 2.75) is 13.0 Å². The first kappa shape index (κ1) is 7.55. The van der Waals surface area contributed by atoms with Gasteiger partial charge < -0.3 is 9.47 Å². The molecular formula is C9H11NO2. The molecule has 2 rings (SSSR count). The van der Waals surface area contributed by atoms with E-state index >= 15 is 0 Å². The fourth-order valence-electron chi connectivity index (χ4n) is 1.19. The minimum atomic E-state index is 0.278. The highest BCUT2D eigenvalue weighted by Gasteiger charge is 2.25. The molecular weight excluding hydrogens is 154 g/mol. The van der Waals surface area contributed by atoms with Gasteiger partial charge in [0.1, 0.15) is 6.10 Å². The Hall–Kier alpha value is -1.09. The molecule has 1 aliphatic heterocycles. The minimum absolute atomic E-state index is 0.278. The molecule has 0 spiro atoms. The van der Waals surface area contributed by atoms with Crippen molar-refractivity contribution in [2.24, 2.45) is 0 Å². The number of aromatic nitrogens is 1. The summed E-state index contributed by atoms with van der Waals surface area (Å²) in [5, 5.41) is 0. The number of hydrogen-bond acceptors (Lipinski definition) is 3. The maximum atomic E-state index is 5.17. The molecule has 2 heterocycles. The topological polar surface area (TPSA) is 34.6 Å². The van der Waals surface area contributed by atoms with Crippen LogP contribution in [0.15, 0.2) is 12.1 Å². The standard InChI is InChI=1S/C9H11NO2/c1-6-3-7(8-5-12-8)4-9(10-6)11-2/h3-4,8H,5H2,1-2H3. The van der Waals surface area contributed by atoms with E-state index < -0.39 is 0 Å². The average Bonchev–Trinajstić information content (AvgIpc) is 2.85. The highest BCUT2D eigenvalue weighted by molar-refractivity contribution is 5.28. The van der Waals surface area contributed by atoms with E-state index in [2.05, 4.69) is 4.98 Å². The first-order valence-corrected chi connectivity index (χ1v) is 3.94. The molecule has 3 nitrogen and oxygen atoms in total. The molecule has 0 N–H and O–H groups in total. The SMILES string of the molecule is COc1cc(C2CO2)cc(C)n1. The van der Waals surface area contributed by atoms with Crippen LogP contribution in [0.2, 0.25) is 0 Å². The van der Waals surface area contributed by atoms with E-state index in [9.17, 15) is 0 Å². The third-order valence-electron chi connectivity index (χ3n) is 1.87. The van der Waals surface area contributed by atoms with Crippen molar-refractivity contribution in [2.75, 3.05) is 13.7 Å². The molecule has 1 atom stereocenters. The number of hydrogen-bond donors (Lipinski definition) is 0. The number of epoxide rings is 1. The maximum absolute atomic E-state index is 5.17. The van der Waals surface area contributed by atoms with E-state index in [1.807, 2.05) is 19.1 Å². The summed E-state index contributed by atoms with van der Waals surface area (Å²) in [6.07, 6.45) is 0.278. The van der Waals surface area contributed by atoms with Gasteiger partial charge in [-0.2, -0.15) is 0 Å². The first-order valence-electron chi connectivity index (χ1n) is 3.94. The van der Waals surface area contributed by atoms with E-state index in [4.69, 9.17) is 9.47 Å². The summed E-state index contributed by atoms with van der Waals surface area (Å²) < 4.78 is 10.2. The molecule has 64 valence electrons. The molecule has 1 saturated heterocycles. The fourth-order valence-corrected chi connectivity index (χ4v) is 1.19. The maximum Gasteiger partial charge on any atom is 0.213 e. The van der Waals surface area contributed by atoms with Crippen LogP contribution in [0.3, 0.4) is 0 Å². The second-order valence-electron chi connectivity index (χ2n) is 2.91. The first-order chi connectivity index (χ1) is 5.79. The Morgan fingerprint density at radius 1 is 1.58 bits per heavy atom. The van der Waals surface area contributed by atoms with Crippen molar-refractivity contribution in [1.82, 2.24) is 4.98 Å². The van der Waals surface area contributed by atoms with Gasteiger partial charge in [-0.3, -0.25) is 0 Å². The lowest BCUT2D eigenvalue weighted by atomic mass is 10.2. The number of rotatable bonds is 2. The van der Waals surface area contributed by atoms with Crippen molar-refractivity contribution < 1.29 is 9.47 Å². The molecule has 0 bridgehead atoms. The quantitative estimate of drug-likeness (QED) is 0.622. The summed E-state index contributed by atoms with van der Waals surface area (Å²) in [5.74, 6) is 0.667. The molecule has 0 amide bonds. The van der Waals surface area contributed by atoms with Gasteiger partial charge >= 0.3 is 0 Å². The van der Waals surface area contributed by atoms with Crippen LogP contribution in [0.4, 0.5) is 0 Å². The summed E-state index contributed by atoms with van der Waals surface area (Å²) in [7, 11) is 1.62. The Labute approximate surface area is 71.3 Å². The highest BCUT2D eigenvalue weighted by atomic mass is 16.6. The number of pyridine rings is 1. The number of ether oxygens (including phenoxy) is 2. The molecule has 0 aromatic carbocycles. The minimum Gasteiger partial charge on any atom is -0.481 e. The summed E-state index contributed by atoms with van der Waals surface area (Å²) in [6, 6.07) is 3.95. The van der Waals surface area contributed by atoms with Gasteiger partial charge in [0.25, 0.3) is 0 Å². The van der Waals surface area contributed by atoms with Crippen LogP contribution in [0.25, 0.3) is 0 Å². The molecule has 1 fully saturated rings. The summed E-state index contributed by atoms with van der Waals surface area (Å²) in [6.45, 7) is 2.78. The second kappa shape index (κ2) is 2.75. The predicted molar refractivity (Wildman–Crippen MR) is 44.2 cm³/mol. The van der Waals surface area contributed by atoms with Crippen molar-refractivity contribution >= 4 is 0 Å². The van der Waals surface area contributed by atoms with Crippen LogP contribution in [0.1, 0.15) is 17.4 Å². The summed E-state index contributed by atoms with van der Waals surface area (Å²) >= 11 is 0. The van der Waals surface area contributed by atoms with Gasteiger partial charge in [0.2, 0.25) is 5.88 Å². The normalized spacial score (nSPS) is 20.7. The van der Waals surface area contributed by atoms with Crippen molar-refractivity contribution in [3.05, 3.63) is 23.4 Å². The van der Waals surface area contributed by atoms with E-state index in [-0.39, 0.29) is 6.10 Å². The number of nitrogens with zero attached hydrogens (tertiary/aromatic N) is 1. The predicted octanol–water partition coefficient (Wildman–Crippen LogP) is 1.47. The van der Waals surface area contributed by atoms with Crippen molar-refractivity contribution in [3.8, 4) is 5.88 Å². The number of methoxy groups -OCH3 is 1. The van der Waals surface area contributed by atoms with E-state index in [1.54, 1.807) is 7.11 Å².